The summed E-state index contributed by atoms with van der Waals surface area (Å²) in [5, 5.41) is 11.3. The van der Waals surface area contributed by atoms with Gasteiger partial charge in [0.25, 0.3) is 0 Å². The smallest absolute Gasteiger partial charge is 0.218 e. The molecule has 1 saturated heterocycles. The summed E-state index contributed by atoms with van der Waals surface area (Å²) in [6.07, 6.45) is 5.24. The molecule has 0 aliphatic carbocycles. The minimum absolute atomic E-state index is 0.217. The number of carbonyl (C=O) groups is 1. The number of anilines is 1. The molecule has 0 radical (unpaired) electrons. The highest BCUT2D eigenvalue weighted by Gasteiger charge is 2.20. The van der Waals surface area contributed by atoms with Crippen LogP contribution in [0.15, 0.2) is 24.5 Å². The largest absolute Gasteiger partial charge is 0.383 e. The van der Waals surface area contributed by atoms with Crippen molar-refractivity contribution in [2.75, 3.05) is 18.8 Å². The van der Waals surface area contributed by atoms with Crippen LogP contribution in [0.2, 0.25) is 0 Å². The molecular formula is C13H16N6O. The third-order valence-electron chi connectivity index (χ3n) is 3.51. The third kappa shape index (κ3) is 2.39. The van der Waals surface area contributed by atoms with Crippen molar-refractivity contribution in [1.29, 1.82) is 0 Å². The van der Waals surface area contributed by atoms with E-state index in [2.05, 4.69) is 20.6 Å². The Morgan fingerprint density at radius 3 is 2.95 bits per heavy atom. The first-order valence-electron chi connectivity index (χ1n) is 6.63. The Kier molecular flexibility index (Phi) is 3.42. The topological polar surface area (TPSA) is 98.7 Å². The average molecular weight is 272 g/mol. The molecule has 0 aromatic carbocycles. The Morgan fingerprint density at radius 1 is 1.40 bits per heavy atom. The van der Waals surface area contributed by atoms with Crippen LogP contribution in [-0.4, -0.2) is 38.9 Å². The number of nitrogens with one attached hydrogen (secondary N) is 1. The van der Waals surface area contributed by atoms with E-state index in [0.717, 1.165) is 25.9 Å². The van der Waals surface area contributed by atoms with Crippen LogP contribution in [0.3, 0.4) is 0 Å². The minimum Gasteiger partial charge on any atom is -0.383 e. The van der Waals surface area contributed by atoms with E-state index >= 15 is 0 Å². The van der Waals surface area contributed by atoms with Crippen molar-refractivity contribution in [3.63, 3.8) is 0 Å². The van der Waals surface area contributed by atoms with Gasteiger partial charge in [0.15, 0.2) is 5.69 Å². The van der Waals surface area contributed by atoms with E-state index in [-0.39, 0.29) is 11.6 Å². The summed E-state index contributed by atoms with van der Waals surface area (Å²) >= 11 is 0. The van der Waals surface area contributed by atoms with Gasteiger partial charge >= 0.3 is 0 Å². The number of hydrogen-bond donors (Lipinski definition) is 2. The summed E-state index contributed by atoms with van der Waals surface area (Å²) in [6.45, 7) is 1.92. The molecule has 3 N–H and O–H groups in total. The Balaban J connectivity index is 1.83. The lowest BCUT2D eigenvalue weighted by Gasteiger charge is -2.22. The molecule has 0 amide bonds. The Bertz CT molecular complexity index is 617. The van der Waals surface area contributed by atoms with E-state index < -0.39 is 0 Å². The van der Waals surface area contributed by atoms with E-state index in [0.29, 0.717) is 17.3 Å². The highest BCUT2D eigenvalue weighted by Crippen LogP contribution is 2.18. The number of nitrogens with zero attached hydrogens (tertiary/aromatic N) is 4. The molecule has 7 nitrogen and oxygen atoms in total. The maximum Gasteiger partial charge on any atom is 0.218 e. The second-order valence-corrected chi connectivity index (χ2v) is 4.83. The molecule has 7 heteroatoms. The van der Waals surface area contributed by atoms with Crippen molar-refractivity contribution in [2.24, 2.45) is 0 Å². The van der Waals surface area contributed by atoms with E-state index in [1.807, 2.05) is 0 Å². The molecule has 1 aliphatic rings. The highest BCUT2D eigenvalue weighted by atomic mass is 16.1. The van der Waals surface area contributed by atoms with Gasteiger partial charge in [0, 0.05) is 6.20 Å². The second-order valence-electron chi connectivity index (χ2n) is 4.83. The summed E-state index contributed by atoms with van der Waals surface area (Å²) in [4.78, 5) is 16.2. The van der Waals surface area contributed by atoms with Gasteiger partial charge in [-0.2, -0.15) is 0 Å². The first-order valence-corrected chi connectivity index (χ1v) is 6.63. The van der Waals surface area contributed by atoms with Crippen molar-refractivity contribution < 1.29 is 4.79 Å². The summed E-state index contributed by atoms with van der Waals surface area (Å²) in [7, 11) is 0. The van der Waals surface area contributed by atoms with Crippen LogP contribution in [0.5, 0.6) is 0 Å². The number of piperidine rings is 1. The SMILES string of the molecule is Nc1ncccc1C(=O)c1cn(C2CCNCC2)nn1. The third-order valence-corrected chi connectivity index (χ3v) is 3.51. The molecule has 0 atom stereocenters. The van der Waals surface area contributed by atoms with E-state index in [4.69, 9.17) is 5.73 Å². The van der Waals surface area contributed by atoms with Crippen molar-refractivity contribution in [1.82, 2.24) is 25.3 Å². The standard InChI is InChI=1S/C13H16N6O/c14-13-10(2-1-5-16-13)12(20)11-8-19(18-17-11)9-3-6-15-7-4-9/h1-2,5,8-9,15H,3-4,6-7H2,(H2,14,16). The van der Waals surface area contributed by atoms with Gasteiger partial charge in [-0.25, -0.2) is 9.67 Å². The zero-order valence-electron chi connectivity index (χ0n) is 11.0. The monoisotopic (exact) mass is 272 g/mol. The molecule has 1 aliphatic heterocycles. The lowest BCUT2D eigenvalue weighted by Crippen LogP contribution is -2.29. The van der Waals surface area contributed by atoms with Crippen LogP contribution in [0.25, 0.3) is 0 Å². The Labute approximate surface area is 116 Å². The number of nitrogens with two attached hydrogens (primary N) is 1. The highest BCUT2D eigenvalue weighted by molar-refractivity contribution is 6.10. The molecule has 3 rings (SSSR count). The van der Waals surface area contributed by atoms with Gasteiger partial charge in [0.1, 0.15) is 5.82 Å². The average Bonchev–Trinajstić information content (AvgIpc) is 2.98. The van der Waals surface area contributed by atoms with Crippen LogP contribution in [-0.2, 0) is 0 Å². The van der Waals surface area contributed by atoms with E-state index in [1.54, 1.807) is 29.2 Å². The van der Waals surface area contributed by atoms with Gasteiger partial charge in [0.05, 0.1) is 17.8 Å². The molecule has 3 heterocycles. The van der Waals surface area contributed by atoms with Crippen LogP contribution < -0.4 is 11.1 Å². The van der Waals surface area contributed by atoms with E-state index in [1.165, 1.54) is 0 Å². The molecule has 20 heavy (non-hydrogen) atoms. The van der Waals surface area contributed by atoms with E-state index in [9.17, 15) is 4.79 Å². The second kappa shape index (κ2) is 5.38. The fourth-order valence-corrected chi connectivity index (χ4v) is 2.38. The fraction of sp³-hybridized carbons (Fsp3) is 0.385. The van der Waals surface area contributed by atoms with Crippen LogP contribution in [0.4, 0.5) is 5.82 Å². The minimum atomic E-state index is -0.240. The molecule has 2 aromatic rings. The van der Waals surface area contributed by atoms with Crippen molar-refractivity contribution >= 4 is 11.6 Å². The molecule has 0 bridgehead atoms. The van der Waals surface area contributed by atoms with Crippen molar-refractivity contribution in [2.45, 2.75) is 18.9 Å². The maximum absolute atomic E-state index is 12.3. The zero-order chi connectivity index (χ0) is 13.9. The van der Waals surface area contributed by atoms with Gasteiger partial charge in [0.2, 0.25) is 5.78 Å². The quantitative estimate of drug-likeness (QED) is 0.785. The number of hydrogen-bond acceptors (Lipinski definition) is 6. The van der Waals surface area contributed by atoms with Gasteiger partial charge in [-0.1, -0.05) is 5.21 Å². The molecular weight excluding hydrogens is 256 g/mol. The summed E-state index contributed by atoms with van der Waals surface area (Å²) in [5.74, 6) is -0.0234. The number of pyridine rings is 1. The summed E-state index contributed by atoms with van der Waals surface area (Å²) < 4.78 is 1.78. The number of rotatable bonds is 3. The number of aromatic nitrogens is 4. The normalized spacial score (nSPS) is 16.2. The lowest BCUT2D eigenvalue weighted by molar-refractivity contribution is 0.103. The van der Waals surface area contributed by atoms with Crippen molar-refractivity contribution in [3.05, 3.63) is 35.8 Å². The lowest BCUT2D eigenvalue weighted by atomic mass is 10.1. The zero-order valence-corrected chi connectivity index (χ0v) is 11.0. The summed E-state index contributed by atoms with van der Waals surface area (Å²) in [5.41, 5.74) is 6.39. The summed E-state index contributed by atoms with van der Waals surface area (Å²) in [6, 6.07) is 3.63. The molecule has 2 aromatic heterocycles. The number of carbonyl (C=O) groups excluding carboxylic acids is 1. The van der Waals surface area contributed by atoms with Crippen LogP contribution >= 0.6 is 0 Å². The first kappa shape index (κ1) is 12.7. The molecule has 0 spiro atoms. The molecule has 0 saturated carbocycles. The van der Waals surface area contributed by atoms with Gasteiger partial charge in [-0.05, 0) is 38.1 Å². The predicted molar refractivity (Wildman–Crippen MR) is 73.2 cm³/mol. The Hall–Kier alpha value is -2.28. The van der Waals surface area contributed by atoms with Crippen molar-refractivity contribution in [3.8, 4) is 0 Å². The maximum atomic E-state index is 12.3. The number of nitrogen functional groups attached to an aromatic ring is 1. The number of ketones is 1. The first-order chi connectivity index (χ1) is 9.75. The molecule has 0 unspecified atom stereocenters. The Morgan fingerprint density at radius 2 is 2.20 bits per heavy atom. The molecule has 104 valence electrons. The predicted octanol–water partition coefficient (Wildman–Crippen LogP) is 0.411. The fourth-order valence-electron chi connectivity index (χ4n) is 2.38. The molecule has 1 fully saturated rings. The van der Waals surface area contributed by atoms with Gasteiger partial charge in [-0.3, -0.25) is 4.79 Å². The van der Waals surface area contributed by atoms with Gasteiger partial charge in [-0.15, -0.1) is 5.10 Å². The van der Waals surface area contributed by atoms with Crippen LogP contribution in [0.1, 0.15) is 34.9 Å². The van der Waals surface area contributed by atoms with Crippen LogP contribution in [0, 0.1) is 0 Å². The van der Waals surface area contributed by atoms with Gasteiger partial charge < -0.3 is 11.1 Å².